The highest BCUT2D eigenvalue weighted by Crippen LogP contribution is 2.33. The van der Waals surface area contributed by atoms with Crippen molar-refractivity contribution in [2.45, 2.75) is 83.2 Å². The third-order valence-electron chi connectivity index (χ3n) is 8.24. The zero-order chi connectivity index (χ0) is 23.3. The fourth-order valence-corrected chi connectivity index (χ4v) is 5.83. The van der Waals surface area contributed by atoms with E-state index in [9.17, 15) is 4.79 Å². The normalized spacial score (nSPS) is 23.7. The van der Waals surface area contributed by atoms with Gasteiger partial charge in [0.2, 0.25) is 5.88 Å². The standard InChI is InChI=1S/C28H40N4O2/c1-31-20-23(19-29-31)18-25(33)17-22-7-5-21(6-8-22)11-14-32-15-12-24-9-10-28(30-27(24)13-16-32)34-26-3-2-4-26/h9-10,19-22,26H,2-8,11-18H2,1H3. The van der Waals surface area contributed by atoms with E-state index in [1.807, 2.05) is 19.4 Å². The Morgan fingerprint density at radius 1 is 1.06 bits per heavy atom. The van der Waals surface area contributed by atoms with Crippen LogP contribution in [-0.4, -0.2) is 51.2 Å². The third-order valence-corrected chi connectivity index (χ3v) is 8.24. The minimum absolute atomic E-state index is 0.371. The summed E-state index contributed by atoms with van der Waals surface area (Å²) >= 11 is 0. The summed E-state index contributed by atoms with van der Waals surface area (Å²) in [6.07, 6.45) is 17.5. The monoisotopic (exact) mass is 464 g/mol. The van der Waals surface area contributed by atoms with Crippen LogP contribution in [0.15, 0.2) is 24.5 Å². The Morgan fingerprint density at radius 3 is 2.59 bits per heavy atom. The first-order chi connectivity index (χ1) is 16.6. The summed E-state index contributed by atoms with van der Waals surface area (Å²) in [5.74, 6) is 2.59. The van der Waals surface area contributed by atoms with E-state index in [0.29, 0.717) is 24.2 Å². The fourth-order valence-electron chi connectivity index (χ4n) is 5.83. The van der Waals surface area contributed by atoms with Gasteiger partial charge in [-0.15, -0.1) is 0 Å². The number of ketones is 1. The molecule has 184 valence electrons. The van der Waals surface area contributed by atoms with Gasteiger partial charge in [-0.2, -0.15) is 5.10 Å². The molecule has 1 aliphatic heterocycles. The topological polar surface area (TPSA) is 60.2 Å². The van der Waals surface area contributed by atoms with Crippen LogP contribution in [0.5, 0.6) is 5.88 Å². The first kappa shape index (κ1) is 23.5. The van der Waals surface area contributed by atoms with Crippen molar-refractivity contribution in [1.82, 2.24) is 19.7 Å². The van der Waals surface area contributed by atoms with Gasteiger partial charge in [-0.05, 0) is 74.5 Å². The van der Waals surface area contributed by atoms with Gasteiger partial charge in [-0.3, -0.25) is 9.48 Å². The number of aryl methyl sites for hydroxylation is 1. The van der Waals surface area contributed by atoms with Crippen LogP contribution in [0.2, 0.25) is 0 Å². The van der Waals surface area contributed by atoms with Crippen LogP contribution in [0.1, 0.15) is 74.6 Å². The van der Waals surface area contributed by atoms with Crippen molar-refractivity contribution in [1.29, 1.82) is 0 Å². The number of Topliss-reactive ketones (excluding diaryl/α,β-unsaturated/α-hetero) is 1. The minimum Gasteiger partial charge on any atom is -0.474 e. The highest BCUT2D eigenvalue weighted by Gasteiger charge is 2.25. The number of nitrogens with zero attached hydrogens (tertiary/aromatic N) is 4. The molecule has 3 heterocycles. The molecule has 0 amide bonds. The average Bonchev–Trinajstić information content (AvgIpc) is 3.10. The lowest BCUT2D eigenvalue weighted by molar-refractivity contribution is -0.119. The first-order valence-electron chi connectivity index (χ1n) is 13.5. The minimum atomic E-state index is 0.371. The average molecular weight is 465 g/mol. The van der Waals surface area contributed by atoms with Crippen LogP contribution in [-0.2, 0) is 31.1 Å². The number of rotatable bonds is 9. The van der Waals surface area contributed by atoms with Crippen molar-refractivity contribution >= 4 is 5.78 Å². The highest BCUT2D eigenvalue weighted by molar-refractivity contribution is 5.80. The summed E-state index contributed by atoms with van der Waals surface area (Å²) in [6, 6.07) is 4.32. The van der Waals surface area contributed by atoms with E-state index in [4.69, 9.17) is 9.72 Å². The predicted octanol–water partition coefficient (Wildman–Crippen LogP) is 4.55. The molecule has 3 aliphatic rings. The number of hydrogen-bond donors (Lipinski definition) is 0. The van der Waals surface area contributed by atoms with Crippen molar-refractivity contribution in [3.8, 4) is 5.88 Å². The zero-order valence-electron chi connectivity index (χ0n) is 20.8. The molecule has 2 aliphatic carbocycles. The third kappa shape index (κ3) is 6.26. The molecule has 0 bridgehead atoms. The van der Waals surface area contributed by atoms with Crippen LogP contribution in [0.4, 0.5) is 0 Å². The summed E-state index contributed by atoms with van der Waals surface area (Å²) in [7, 11) is 1.90. The van der Waals surface area contributed by atoms with E-state index < -0.39 is 0 Å². The number of carbonyl (C=O) groups is 1. The molecule has 2 aromatic rings. The van der Waals surface area contributed by atoms with E-state index in [2.05, 4.69) is 22.1 Å². The van der Waals surface area contributed by atoms with E-state index in [-0.39, 0.29) is 0 Å². The van der Waals surface area contributed by atoms with Gasteiger partial charge in [0.1, 0.15) is 11.9 Å². The lowest BCUT2D eigenvalue weighted by Crippen LogP contribution is -2.29. The molecule has 2 fully saturated rings. The molecule has 2 aromatic heterocycles. The Bertz CT molecular complexity index is 959. The second-order valence-corrected chi connectivity index (χ2v) is 10.9. The second kappa shape index (κ2) is 11.0. The van der Waals surface area contributed by atoms with Crippen LogP contribution in [0.3, 0.4) is 0 Å². The van der Waals surface area contributed by atoms with Crippen LogP contribution < -0.4 is 4.74 Å². The second-order valence-electron chi connectivity index (χ2n) is 10.9. The number of fused-ring (bicyclic) bond motifs is 1. The summed E-state index contributed by atoms with van der Waals surface area (Å²) in [5.41, 5.74) is 3.69. The lowest BCUT2D eigenvalue weighted by Gasteiger charge is -2.30. The van der Waals surface area contributed by atoms with Crippen molar-refractivity contribution in [2.24, 2.45) is 18.9 Å². The predicted molar refractivity (Wildman–Crippen MR) is 133 cm³/mol. The number of hydrogen-bond acceptors (Lipinski definition) is 5. The lowest BCUT2D eigenvalue weighted by atomic mass is 9.78. The maximum atomic E-state index is 12.5. The van der Waals surface area contributed by atoms with Gasteiger partial charge in [-0.1, -0.05) is 18.9 Å². The molecule has 0 radical (unpaired) electrons. The maximum absolute atomic E-state index is 12.5. The van der Waals surface area contributed by atoms with Crippen molar-refractivity contribution in [3.63, 3.8) is 0 Å². The van der Waals surface area contributed by atoms with Crippen LogP contribution in [0.25, 0.3) is 0 Å². The van der Waals surface area contributed by atoms with Gasteiger partial charge in [0.15, 0.2) is 0 Å². The molecule has 0 unspecified atom stereocenters. The van der Waals surface area contributed by atoms with Gasteiger partial charge in [0.05, 0.1) is 6.20 Å². The number of aromatic nitrogens is 3. The van der Waals surface area contributed by atoms with E-state index in [0.717, 1.165) is 49.7 Å². The van der Waals surface area contributed by atoms with Gasteiger partial charge in [-0.25, -0.2) is 4.98 Å². The summed E-state index contributed by atoms with van der Waals surface area (Å²) in [5, 5.41) is 4.17. The van der Waals surface area contributed by atoms with Gasteiger partial charge >= 0.3 is 0 Å². The number of ether oxygens (including phenoxy) is 1. The summed E-state index contributed by atoms with van der Waals surface area (Å²) in [6.45, 7) is 3.43. The van der Waals surface area contributed by atoms with E-state index in [1.54, 1.807) is 4.68 Å². The Kier molecular flexibility index (Phi) is 7.63. The highest BCUT2D eigenvalue weighted by atomic mass is 16.5. The van der Waals surface area contributed by atoms with Crippen molar-refractivity contribution < 1.29 is 9.53 Å². The maximum Gasteiger partial charge on any atom is 0.213 e. The molecule has 2 saturated carbocycles. The number of carbonyl (C=O) groups excluding carboxylic acids is 1. The molecule has 0 N–H and O–H groups in total. The molecular formula is C28H40N4O2. The van der Waals surface area contributed by atoms with Crippen LogP contribution in [0, 0.1) is 11.8 Å². The number of pyridine rings is 1. The summed E-state index contributed by atoms with van der Waals surface area (Å²) in [4.78, 5) is 20.0. The van der Waals surface area contributed by atoms with E-state index >= 15 is 0 Å². The molecule has 5 rings (SSSR count). The fraction of sp³-hybridized carbons (Fsp3) is 0.679. The van der Waals surface area contributed by atoms with Crippen molar-refractivity contribution in [3.05, 3.63) is 41.3 Å². The largest absolute Gasteiger partial charge is 0.474 e. The molecule has 6 nitrogen and oxygen atoms in total. The Hall–Kier alpha value is -2.21. The SMILES string of the molecule is Cn1cc(CC(=O)CC2CCC(CCN3CCc4ccc(OC5CCC5)nc4CC3)CC2)cn1. The van der Waals surface area contributed by atoms with Crippen LogP contribution >= 0.6 is 0 Å². The Labute approximate surface area is 204 Å². The molecule has 34 heavy (non-hydrogen) atoms. The Balaban J connectivity index is 1.01. The molecule has 0 atom stereocenters. The molecule has 0 spiro atoms. The van der Waals surface area contributed by atoms with Crippen molar-refractivity contribution in [2.75, 3.05) is 19.6 Å². The summed E-state index contributed by atoms with van der Waals surface area (Å²) < 4.78 is 7.80. The molecule has 6 heteroatoms. The quantitative estimate of drug-likeness (QED) is 0.545. The molecule has 0 saturated heterocycles. The van der Waals surface area contributed by atoms with E-state index in [1.165, 1.54) is 69.2 Å². The Morgan fingerprint density at radius 2 is 1.85 bits per heavy atom. The smallest absolute Gasteiger partial charge is 0.213 e. The van der Waals surface area contributed by atoms with Gasteiger partial charge in [0.25, 0.3) is 0 Å². The zero-order valence-corrected chi connectivity index (χ0v) is 20.8. The first-order valence-corrected chi connectivity index (χ1v) is 13.5. The molecule has 0 aromatic carbocycles. The van der Waals surface area contributed by atoms with Gasteiger partial charge < -0.3 is 9.64 Å². The molecular weight excluding hydrogens is 424 g/mol. The van der Waals surface area contributed by atoms with Gasteiger partial charge in [0, 0.05) is 57.4 Å².